The van der Waals surface area contributed by atoms with Crippen molar-refractivity contribution >= 4 is 17.7 Å². The number of nitrogens with zero attached hydrogens (tertiary/aromatic N) is 2. The lowest BCUT2D eigenvalue weighted by molar-refractivity contribution is -0.136. The number of hydrogen-bond acceptors (Lipinski definition) is 5. The molecule has 3 fully saturated rings. The summed E-state index contributed by atoms with van der Waals surface area (Å²) in [5, 5.41) is 2.37. The average molecular weight is 396 g/mol. The summed E-state index contributed by atoms with van der Waals surface area (Å²) < 4.78 is 0. The molecule has 154 valence electrons. The normalized spacial score (nSPS) is 32.3. The zero-order valence-corrected chi connectivity index (χ0v) is 16.7. The van der Waals surface area contributed by atoms with Gasteiger partial charge in [0.15, 0.2) is 0 Å². The summed E-state index contributed by atoms with van der Waals surface area (Å²) in [6.07, 6.45) is 6.46. The third-order valence-electron chi connectivity index (χ3n) is 7.32. The Balaban J connectivity index is 1.38. The maximum Gasteiger partial charge on any atom is 0.255 e. The molecule has 4 aliphatic rings. The fraction of sp³-hybridized carbons (Fsp3) is 0.591. The molecule has 1 saturated carbocycles. The van der Waals surface area contributed by atoms with Crippen LogP contribution in [0.3, 0.4) is 0 Å². The topological polar surface area (TPSA) is 95.7 Å². The molecule has 7 heteroatoms. The number of piperidine rings is 2. The van der Waals surface area contributed by atoms with Crippen molar-refractivity contribution in [3.8, 4) is 0 Å². The predicted octanol–water partition coefficient (Wildman–Crippen LogP) is 1.29. The maximum atomic E-state index is 13.0. The highest BCUT2D eigenvalue weighted by atomic mass is 16.2. The molecule has 0 radical (unpaired) electrons. The quantitative estimate of drug-likeness (QED) is 0.751. The Bertz CT molecular complexity index is 871. The van der Waals surface area contributed by atoms with Gasteiger partial charge in [-0.1, -0.05) is 18.6 Å². The number of nitrogens with two attached hydrogens (primary N) is 1. The molecule has 3 amide bonds. The summed E-state index contributed by atoms with van der Waals surface area (Å²) >= 11 is 0. The van der Waals surface area contributed by atoms with E-state index in [0.717, 1.165) is 31.5 Å². The summed E-state index contributed by atoms with van der Waals surface area (Å²) in [6, 6.07) is 5.66. The minimum atomic E-state index is -0.564. The molecule has 1 spiro atoms. The Morgan fingerprint density at radius 1 is 1.17 bits per heavy atom. The van der Waals surface area contributed by atoms with Crippen molar-refractivity contribution in [2.45, 2.75) is 75.7 Å². The predicted molar refractivity (Wildman–Crippen MR) is 107 cm³/mol. The van der Waals surface area contributed by atoms with Gasteiger partial charge in [0.05, 0.1) is 0 Å². The van der Waals surface area contributed by atoms with Gasteiger partial charge in [0.2, 0.25) is 11.8 Å². The molecule has 5 rings (SSSR count). The van der Waals surface area contributed by atoms with Crippen LogP contribution in [0.1, 0.15) is 66.4 Å². The van der Waals surface area contributed by atoms with Crippen LogP contribution in [0.2, 0.25) is 0 Å². The van der Waals surface area contributed by atoms with E-state index < -0.39 is 6.04 Å². The minimum absolute atomic E-state index is 0.102. The van der Waals surface area contributed by atoms with Gasteiger partial charge in [-0.2, -0.15) is 0 Å². The number of carbonyl (C=O) groups excluding carboxylic acids is 3. The van der Waals surface area contributed by atoms with Crippen molar-refractivity contribution in [3.63, 3.8) is 0 Å². The molecule has 2 saturated heterocycles. The van der Waals surface area contributed by atoms with Crippen LogP contribution in [0.15, 0.2) is 18.2 Å². The molecule has 1 aromatic rings. The lowest BCUT2D eigenvalue weighted by Crippen LogP contribution is -2.63. The van der Waals surface area contributed by atoms with E-state index in [1.165, 1.54) is 24.8 Å². The Kier molecular flexibility index (Phi) is 4.47. The highest BCUT2D eigenvalue weighted by Crippen LogP contribution is 2.45. The summed E-state index contributed by atoms with van der Waals surface area (Å²) in [4.78, 5) is 41.0. The van der Waals surface area contributed by atoms with Crippen LogP contribution >= 0.6 is 0 Å². The maximum absolute atomic E-state index is 13.0. The zero-order chi connectivity index (χ0) is 20.2. The number of rotatable bonds is 3. The van der Waals surface area contributed by atoms with Gasteiger partial charge < -0.3 is 10.6 Å². The molecule has 3 N–H and O–H groups in total. The van der Waals surface area contributed by atoms with Crippen LogP contribution < -0.4 is 11.1 Å². The third-order valence-corrected chi connectivity index (χ3v) is 7.32. The molecule has 1 aliphatic carbocycles. The van der Waals surface area contributed by atoms with Crippen molar-refractivity contribution in [2.24, 2.45) is 5.73 Å². The average Bonchev–Trinajstić information content (AvgIpc) is 3.00. The van der Waals surface area contributed by atoms with Gasteiger partial charge in [-0.05, 0) is 55.8 Å². The van der Waals surface area contributed by atoms with Crippen LogP contribution in [0, 0.1) is 0 Å². The number of hydrogen-bond donors (Lipinski definition) is 2. The first-order chi connectivity index (χ1) is 14.0. The van der Waals surface area contributed by atoms with E-state index in [9.17, 15) is 14.4 Å². The van der Waals surface area contributed by atoms with Crippen LogP contribution in [0.5, 0.6) is 0 Å². The number of imide groups is 1. The van der Waals surface area contributed by atoms with Gasteiger partial charge in [0.1, 0.15) is 6.04 Å². The molecule has 0 bridgehead atoms. The zero-order valence-electron chi connectivity index (χ0n) is 16.7. The molecule has 1 unspecified atom stereocenters. The van der Waals surface area contributed by atoms with Crippen molar-refractivity contribution in [1.82, 2.24) is 15.1 Å². The Hall–Kier alpha value is -2.25. The van der Waals surface area contributed by atoms with Gasteiger partial charge in [-0.3, -0.25) is 24.6 Å². The van der Waals surface area contributed by atoms with E-state index in [2.05, 4.69) is 16.3 Å². The second-order valence-electron chi connectivity index (χ2n) is 9.11. The number of likely N-dealkylation sites (tertiary alicyclic amines) is 1. The first kappa shape index (κ1) is 18.8. The van der Waals surface area contributed by atoms with Crippen molar-refractivity contribution < 1.29 is 14.4 Å². The molecule has 3 aliphatic heterocycles. The molecule has 1 atom stereocenters. The number of carbonyl (C=O) groups is 3. The van der Waals surface area contributed by atoms with E-state index in [-0.39, 0.29) is 29.7 Å². The fourth-order valence-electron chi connectivity index (χ4n) is 5.78. The fourth-order valence-corrected chi connectivity index (χ4v) is 5.78. The van der Waals surface area contributed by atoms with E-state index in [1.807, 2.05) is 12.1 Å². The van der Waals surface area contributed by atoms with Crippen LogP contribution in [0.25, 0.3) is 0 Å². The SMILES string of the molecule is NC1CC2(CCCCN2Cc2cccc3c2CN(C2CCC(=O)NC2=O)C3=O)C1. The molecule has 7 nitrogen and oxygen atoms in total. The summed E-state index contributed by atoms with van der Waals surface area (Å²) in [7, 11) is 0. The van der Waals surface area contributed by atoms with E-state index >= 15 is 0 Å². The summed E-state index contributed by atoms with van der Waals surface area (Å²) in [5.41, 5.74) is 9.27. The molecular weight excluding hydrogens is 368 g/mol. The highest BCUT2D eigenvalue weighted by Gasteiger charge is 2.48. The lowest BCUT2D eigenvalue weighted by Gasteiger charge is -2.56. The molecule has 0 aromatic heterocycles. The van der Waals surface area contributed by atoms with Crippen LogP contribution in [-0.4, -0.2) is 51.7 Å². The summed E-state index contributed by atoms with van der Waals surface area (Å²) in [5.74, 6) is -0.719. The van der Waals surface area contributed by atoms with Crippen molar-refractivity contribution in [2.75, 3.05) is 6.54 Å². The molecular formula is C22H28N4O3. The van der Waals surface area contributed by atoms with Crippen molar-refractivity contribution in [1.29, 1.82) is 0 Å². The number of nitrogens with one attached hydrogen (secondary N) is 1. The molecule has 1 aromatic carbocycles. The third kappa shape index (κ3) is 3.07. The number of amides is 3. The molecule has 29 heavy (non-hydrogen) atoms. The summed E-state index contributed by atoms with van der Waals surface area (Å²) in [6.45, 7) is 2.34. The molecule has 3 heterocycles. The lowest BCUT2D eigenvalue weighted by atomic mass is 9.67. The largest absolute Gasteiger partial charge is 0.328 e. The minimum Gasteiger partial charge on any atom is -0.328 e. The second kappa shape index (κ2) is 6.92. The van der Waals surface area contributed by atoms with E-state index in [1.54, 1.807) is 4.90 Å². The van der Waals surface area contributed by atoms with Crippen molar-refractivity contribution in [3.05, 3.63) is 34.9 Å². The Labute approximate surface area is 170 Å². The van der Waals surface area contributed by atoms with E-state index in [0.29, 0.717) is 24.6 Å². The first-order valence-electron chi connectivity index (χ1n) is 10.7. The smallest absolute Gasteiger partial charge is 0.255 e. The number of fused-ring (bicyclic) bond motifs is 1. The van der Waals surface area contributed by atoms with Gasteiger partial charge in [0, 0.05) is 36.7 Å². The van der Waals surface area contributed by atoms with Gasteiger partial charge >= 0.3 is 0 Å². The standard InChI is InChI=1S/C22H28N4O3/c23-15-10-22(11-15)8-1-2-9-25(22)12-14-4-3-5-16-17(14)13-26(21(16)29)18-6-7-19(27)24-20(18)28/h3-5,15,18H,1-2,6-13,23H2,(H,24,27,28). The first-order valence-corrected chi connectivity index (χ1v) is 10.7. The van der Waals surface area contributed by atoms with E-state index in [4.69, 9.17) is 5.73 Å². The Morgan fingerprint density at radius 2 is 2.00 bits per heavy atom. The van der Waals surface area contributed by atoms with Crippen LogP contribution in [-0.2, 0) is 22.7 Å². The van der Waals surface area contributed by atoms with Gasteiger partial charge in [-0.15, -0.1) is 0 Å². The van der Waals surface area contributed by atoms with Crippen LogP contribution in [0.4, 0.5) is 0 Å². The van der Waals surface area contributed by atoms with Gasteiger partial charge in [0.25, 0.3) is 5.91 Å². The number of benzene rings is 1. The Morgan fingerprint density at radius 3 is 2.76 bits per heavy atom. The second-order valence-corrected chi connectivity index (χ2v) is 9.11. The van der Waals surface area contributed by atoms with Gasteiger partial charge in [-0.25, -0.2) is 0 Å². The highest BCUT2D eigenvalue weighted by molar-refractivity contribution is 6.05. The monoisotopic (exact) mass is 396 g/mol.